The minimum absolute atomic E-state index is 0.0452. The van der Waals surface area contributed by atoms with Crippen LogP contribution in [-0.4, -0.2) is 16.0 Å². The first-order valence-electron chi connectivity index (χ1n) is 8.61. The Kier molecular flexibility index (Phi) is 5.21. The Morgan fingerprint density at radius 1 is 1.15 bits per heavy atom. The van der Waals surface area contributed by atoms with Crippen LogP contribution in [-0.2, 0) is 11.2 Å². The van der Waals surface area contributed by atoms with Crippen molar-refractivity contribution in [3.05, 3.63) is 60.2 Å². The van der Waals surface area contributed by atoms with Crippen LogP contribution >= 0.6 is 0 Å². The fourth-order valence-corrected chi connectivity index (χ4v) is 2.66. The van der Waals surface area contributed by atoms with Crippen molar-refractivity contribution in [2.45, 2.75) is 39.7 Å². The second kappa shape index (κ2) is 7.56. The van der Waals surface area contributed by atoms with Crippen molar-refractivity contribution in [1.29, 1.82) is 0 Å². The molecule has 0 saturated carbocycles. The zero-order chi connectivity index (χ0) is 18.6. The molecule has 0 aliphatic rings. The lowest BCUT2D eigenvalue weighted by Gasteiger charge is -2.20. The Balaban J connectivity index is 1.81. The molecular formula is C20H23N3O3. The van der Waals surface area contributed by atoms with Crippen molar-refractivity contribution < 1.29 is 13.7 Å². The van der Waals surface area contributed by atoms with Crippen molar-refractivity contribution in [2.24, 2.45) is 5.41 Å². The van der Waals surface area contributed by atoms with E-state index in [2.05, 4.69) is 15.5 Å². The fourth-order valence-electron chi connectivity index (χ4n) is 2.66. The highest BCUT2D eigenvalue weighted by atomic mass is 16.5. The lowest BCUT2D eigenvalue weighted by molar-refractivity contribution is -0.123. The maximum Gasteiger partial charge on any atom is 0.249 e. The summed E-state index contributed by atoms with van der Waals surface area (Å²) in [5.41, 5.74) is 0.974. The molecule has 1 atom stereocenters. The first-order valence-corrected chi connectivity index (χ1v) is 8.61. The zero-order valence-corrected chi connectivity index (χ0v) is 15.2. The van der Waals surface area contributed by atoms with Crippen molar-refractivity contribution in [2.75, 3.05) is 0 Å². The number of hydrogen-bond donors (Lipinski definition) is 1. The number of amides is 1. The minimum Gasteiger partial charge on any atom is -0.461 e. The van der Waals surface area contributed by atoms with Gasteiger partial charge in [-0.05, 0) is 23.1 Å². The molecule has 2 heterocycles. The zero-order valence-electron chi connectivity index (χ0n) is 15.2. The highest BCUT2D eigenvalue weighted by Crippen LogP contribution is 2.23. The van der Waals surface area contributed by atoms with Crippen LogP contribution in [0, 0.1) is 5.41 Å². The van der Waals surface area contributed by atoms with Gasteiger partial charge in [-0.2, -0.15) is 4.98 Å². The minimum atomic E-state index is -0.400. The first-order chi connectivity index (χ1) is 12.4. The van der Waals surface area contributed by atoms with Crippen LogP contribution in [0.25, 0.3) is 11.6 Å². The summed E-state index contributed by atoms with van der Waals surface area (Å²) in [4.78, 5) is 16.9. The van der Waals surface area contributed by atoms with Gasteiger partial charge < -0.3 is 14.3 Å². The Labute approximate surface area is 152 Å². The summed E-state index contributed by atoms with van der Waals surface area (Å²) in [6.07, 6.45) is 2.53. The summed E-state index contributed by atoms with van der Waals surface area (Å²) >= 11 is 0. The topological polar surface area (TPSA) is 81.2 Å². The number of aromatic nitrogens is 2. The lowest BCUT2D eigenvalue weighted by atomic mass is 9.91. The normalized spacial score (nSPS) is 12.7. The Bertz CT molecular complexity index is 833. The average molecular weight is 353 g/mol. The number of furan rings is 1. The maximum absolute atomic E-state index is 12.4. The molecule has 0 bridgehead atoms. The number of carbonyl (C=O) groups excluding carboxylic acids is 1. The number of rotatable bonds is 6. The predicted octanol–water partition coefficient (Wildman–Crippen LogP) is 4.17. The van der Waals surface area contributed by atoms with Crippen molar-refractivity contribution in [1.82, 2.24) is 15.5 Å². The first kappa shape index (κ1) is 17.9. The lowest BCUT2D eigenvalue weighted by Crippen LogP contribution is -2.32. The standard InChI is InChI=1S/C20H23N3O3/c1-20(2,3)13-17(24)21-15(12-14-8-5-4-6-9-14)19-22-18(23-26-19)16-10-7-11-25-16/h4-11,15H,12-13H2,1-3H3,(H,21,24)/t15-/m1/s1. The van der Waals surface area contributed by atoms with Gasteiger partial charge in [0.25, 0.3) is 0 Å². The largest absolute Gasteiger partial charge is 0.461 e. The van der Waals surface area contributed by atoms with Gasteiger partial charge in [-0.1, -0.05) is 56.3 Å². The van der Waals surface area contributed by atoms with E-state index in [4.69, 9.17) is 8.94 Å². The second-order valence-electron chi connectivity index (χ2n) is 7.48. The quantitative estimate of drug-likeness (QED) is 0.719. The van der Waals surface area contributed by atoms with Gasteiger partial charge in [0.15, 0.2) is 5.76 Å². The van der Waals surface area contributed by atoms with Crippen LogP contribution in [0.2, 0.25) is 0 Å². The molecule has 1 aromatic carbocycles. The molecule has 0 unspecified atom stereocenters. The number of hydrogen-bond acceptors (Lipinski definition) is 5. The van der Waals surface area contributed by atoms with E-state index < -0.39 is 6.04 Å². The van der Waals surface area contributed by atoms with Gasteiger partial charge in [0.05, 0.1) is 6.26 Å². The summed E-state index contributed by atoms with van der Waals surface area (Å²) in [7, 11) is 0. The van der Waals surface area contributed by atoms with Crippen molar-refractivity contribution in [3.8, 4) is 11.6 Å². The monoisotopic (exact) mass is 353 g/mol. The fraction of sp³-hybridized carbons (Fsp3) is 0.350. The van der Waals surface area contributed by atoms with Gasteiger partial charge in [0.1, 0.15) is 6.04 Å². The van der Waals surface area contributed by atoms with E-state index in [0.29, 0.717) is 30.3 Å². The van der Waals surface area contributed by atoms with E-state index in [0.717, 1.165) is 5.56 Å². The molecule has 3 rings (SSSR count). The molecule has 3 aromatic rings. The smallest absolute Gasteiger partial charge is 0.249 e. The van der Waals surface area contributed by atoms with Gasteiger partial charge in [-0.15, -0.1) is 0 Å². The van der Waals surface area contributed by atoms with Crippen LogP contribution < -0.4 is 5.32 Å². The van der Waals surface area contributed by atoms with Gasteiger partial charge in [-0.3, -0.25) is 4.79 Å². The number of nitrogens with one attached hydrogen (secondary N) is 1. The van der Waals surface area contributed by atoms with Crippen molar-refractivity contribution in [3.63, 3.8) is 0 Å². The van der Waals surface area contributed by atoms with Crippen LogP contribution in [0.3, 0.4) is 0 Å². The molecule has 6 heteroatoms. The van der Waals surface area contributed by atoms with E-state index >= 15 is 0 Å². The van der Waals surface area contributed by atoms with E-state index in [1.807, 2.05) is 51.1 Å². The number of nitrogens with zero attached hydrogens (tertiary/aromatic N) is 2. The third kappa shape index (κ3) is 4.81. The van der Waals surface area contributed by atoms with Crippen LogP contribution in [0.4, 0.5) is 0 Å². The van der Waals surface area contributed by atoms with Gasteiger partial charge in [0.2, 0.25) is 17.6 Å². The second-order valence-corrected chi connectivity index (χ2v) is 7.48. The van der Waals surface area contributed by atoms with E-state index in [1.165, 1.54) is 0 Å². The molecule has 0 saturated heterocycles. The molecule has 0 spiro atoms. The molecule has 1 amide bonds. The highest BCUT2D eigenvalue weighted by molar-refractivity contribution is 5.77. The van der Waals surface area contributed by atoms with Crippen molar-refractivity contribution >= 4 is 5.91 Å². The Hall–Kier alpha value is -2.89. The summed E-state index contributed by atoms with van der Waals surface area (Å²) < 4.78 is 10.7. The van der Waals surface area contributed by atoms with E-state index in [1.54, 1.807) is 18.4 Å². The molecule has 0 fully saturated rings. The number of benzene rings is 1. The molecule has 26 heavy (non-hydrogen) atoms. The molecule has 0 radical (unpaired) electrons. The molecule has 2 aromatic heterocycles. The molecule has 0 aliphatic heterocycles. The van der Waals surface area contributed by atoms with E-state index in [9.17, 15) is 4.79 Å². The Morgan fingerprint density at radius 2 is 1.92 bits per heavy atom. The molecule has 1 N–H and O–H groups in total. The SMILES string of the molecule is CC(C)(C)CC(=O)N[C@H](Cc1ccccc1)c1nc(-c2ccco2)no1. The summed E-state index contributed by atoms with van der Waals surface area (Å²) in [5, 5.41) is 7.00. The third-order valence-corrected chi connectivity index (χ3v) is 3.79. The Morgan fingerprint density at radius 3 is 2.58 bits per heavy atom. The van der Waals surface area contributed by atoms with Gasteiger partial charge >= 0.3 is 0 Å². The van der Waals surface area contributed by atoms with Gasteiger partial charge in [0, 0.05) is 12.8 Å². The maximum atomic E-state index is 12.4. The van der Waals surface area contributed by atoms with Crippen LogP contribution in [0.1, 0.15) is 44.7 Å². The van der Waals surface area contributed by atoms with Crippen LogP contribution in [0.5, 0.6) is 0 Å². The predicted molar refractivity (Wildman–Crippen MR) is 97.1 cm³/mol. The summed E-state index contributed by atoms with van der Waals surface area (Å²) in [5.74, 6) is 1.21. The third-order valence-electron chi connectivity index (χ3n) is 3.79. The summed E-state index contributed by atoms with van der Waals surface area (Å²) in [6, 6.07) is 13.0. The van der Waals surface area contributed by atoms with E-state index in [-0.39, 0.29) is 11.3 Å². The summed E-state index contributed by atoms with van der Waals surface area (Å²) in [6.45, 7) is 6.08. The average Bonchev–Trinajstić information content (AvgIpc) is 3.25. The number of carbonyl (C=O) groups is 1. The molecular weight excluding hydrogens is 330 g/mol. The van der Waals surface area contributed by atoms with Crippen LogP contribution in [0.15, 0.2) is 57.7 Å². The van der Waals surface area contributed by atoms with Gasteiger partial charge in [-0.25, -0.2) is 0 Å². The molecule has 0 aliphatic carbocycles. The highest BCUT2D eigenvalue weighted by Gasteiger charge is 2.25. The molecule has 136 valence electrons. The molecule has 6 nitrogen and oxygen atoms in total.